The molecule has 4 aromatic rings. The van der Waals surface area contributed by atoms with E-state index in [0.717, 1.165) is 69.8 Å². The summed E-state index contributed by atoms with van der Waals surface area (Å²) in [5, 5.41) is 11.6. The molecule has 0 saturated carbocycles. The van der Waals surface area contributed by atoms with Crippen molar-refractivity contribution in [1.82, 2.24) is 9.97 Å². The molecule has 1 fully saturated rings. The maximum Gasteiger partial charge on any atom is 0.159 e. The standard InChI is InChI=1S/C25H22FN5OS.C4H10.C3H8.2C2H6/c1-12-5-6-31(9-12)19-4-3-14-16-10-32-11-17(16)20(13(2)22(14)30-19)23-21-15(7-27)25(28)33-24(21)18(26)8-29-23;1-3-4-2;1-3-2;2*1-2/h3-4,8,12H,5-6,9-11,28H2,1-2H3;3-4H2,1-2H3;3H2,1-2H3;2*1-2H3. The van der Waals surface area contributed by atoms with Crippen LogP contribution in [0.25, 0.3) is 32.2 Å². The average molecular weight is 622 g/mol. The van der Waals surface area contributed by atoms with Crippen molar-refractivity contribution in [2.75, 3.05) is 23.7 Å². The fourth-order valence-corrected chi connectivity index (χ4v) is 6.16. The minimum absolute atomic E-state index is 0.275. The van der Waals surface area contributed by atoms with Crippen molar-refractivity contribution in [3.63, 3.8) is 0 Å². The van der Waals surface area contributed by atoms with Crippen LogP contribution in [0.4, 0.5) is 15.2 Å². The maximum atomic E-state index is 14.6. The number of unbranched alkanes of at least 4 members (excludes halogenated alkanes) is 1. The number of hydrogen-bond donors (Lipinski definition) is 1. The van der Waals surface area contributed by atoms with E-state index in [4.69, 9.17) is 15.5 Å². The fourth-order valence-electron chi connectivity index (χ4n) is 5.24. The second-order valence-corrected chi connectivity index (χ2v) is 11.7. The third kappa shape index (κ3) is 7.68. The van der Waals surface area contributed by atoms with Gasteiger partial charge in [-0.05, 0) is 48.1 Å². The summed E-state index contributed by atoms with van der Waals surface area (Å²) in [6, 6.07) is 6.39. The van der Waals surface area contributed by atoms with Gasteiger partial charge < -0.3 is 15.4 Å². The number of nitriles is 1. The maximum absolute atomic E-state index is 14.6. The Labute approximate surface area is 268 Å². The third-order valence-corrected chi connectivity index (χ3v) is 8.41. The van der Waals surface area contributed by atoms with Crippen LogP contribution in [-0.2, 0) is 18.0 Å². The van der Waals surface area contributed by atoms with Gasteiger partial charge in [-0.3, -0.25) is 4.98 Å². The second kappa shape index (κ2) is 17.9. The summed E-state index contributed by atoms with van der Waals surface area (Å²) < 4.78 is 20.8. The van der Waals surface area contributed by atoms with Crippen LogP contribution in [0.3, 0.4) is 0 Å². The molecule has 1 aromatic carbocycles. The van der Waals surface area contributed by atoms with Gasteiger partial charge in [0.2, 0.25) is 0 Å². The van der Waals surface area contributed by atoms with Crippen molar-refractivity contribution < 1.29 is 9.13 Å². The van der Waals surface area contributed by atoms with E-state index in [1.165, 1.54) is 25.5 Å². The molecule has 1 atom stereocenters. The molecule has 2 N–H and O–H groups in total. The van der Waals surface area contributed by atoms with Gasteiger partial charge in [0.15, 0.2) is 5.82 Å². The highest BCUT2D eigenvalue weighted by molar-refractivity contribution is 7.23. The molecule has 44 heavy (non-hydrogen) atoms. The van der Waals surface area contributed by atoms with Crippen molar-refractivity contribution in [2.45, 2.75) is 108 Å². The van der Waals surface area contributed by atoms with Gasteiger partial charge in [0.05, 0.1) is 40.9 Å². The Balaban J connectivity index is 0.000000544. The number of anilines is 2. The van der Waals surface area contributed by atoms with Crippen molar-refractivity contribution in [1.29, 1.82) is 5.26 Å². The van der Waals surface area contributed by atoms with Crippen LogP contribution >= 0.6 is 11.3 Å². The molecule has 1 saturated heterocycles. The first-order valence-corrected chi connectivity index (χ1v) is 17.2. The third-order valence-electron chi connectivity index (χ3n) is 7.39. The molecule has 3 aromatic heterocycles. The van der Waals surface area contributed by atoms with Gasteiger partial charge in [-0.25, -0.2) is 9.37 Å². The van der Waals surface area contributed by atoms with E-state index < -0.39 is 5.82 Å². The predicted molar refractivity (Wildman–Crippen MR) is 188 cm³/mol. The zero-order chi connectivity index (χ0) is 33.0. The lowest BCUT2D eigenvalue weighted by Crippen LogP contribution is -2.20. The zero-order valence-corrected chi connectivity index (χ0v) is 29.3. The number of hydrogen-bond acceptors (Lipinski definition) is 7. The summed E-state index contributed by atoms with van der Waals surface area (Å²) in [6.07, 6.45) is 6.27. The minimum Gasteiger partial charge on any atom is -0.389 e. The summed E-state index contributed by atoms with van der Waals surface area (Å²) >= 11 is 1.09. The molecule has 0 radical (unpaired) electrons. The fraction of sp³-hybridized carbons (Fsp3) is 0.528. The van der Waals surface area contributed by atoms with Crippen LogP contribution in [-0.4, -0.2) is 23.1 Å². The molecule has 0 amide bonds. The van der Waals surface area contributed by atoms with E-state index in [2.05, 4.69) is 62.7 Å². The van der Waals surface area contributed by atoms with Crippen LogP contribution in [0.5, 0.6) is 0 Å². The number of thiophene rings is 1. The Kier molecular flexibility index (Phi) is 15.0. The average Bonchev–Trinajstić information content (AvgIpc) is 3.79. The van der Waals surface area contributed by atoms with Crippen LogP contribution in [0.2, 0.25) is 0 Å². The summed E-state index contributed by atoms with van der Waals surface area (Å²) in [5.74, 6) is 1.15. The van der Waals surface area contributed by atoms with Crippen LogP contribution in [0.1, 0.15) is 110 Å². The van der Waals surface area contributed by atoms with Gasteiger partial charge in [0.25, 0.3) is 0 Å². The minimum atomic E-state index is -0.471. The number of nitrogen functional groups attached to an aromatic ring is 1. The Morgan fingerprint density at radius 2 is 1.73 bits per heavy atom. The Hall–Kier alpha value is -3.28. The van der Waals surface area contributed by atoms with E-state index in [-0.39, 0.29) is 5.56 Å². The van der Waals surface area contributed by atoms with Crippen molar-refractivity contribution >= 4 is 43.1 Å². The Morgan fingerprint density at radius 3 is 2.30 bits per heavy atom. The molecule has 2 aliphatic rings. The molecule has 5 heterocycles. The van der Waals surface area contributed by atoms with Gasteiger partial charge >= 0.3 is 0 Å². The highest BCUT2D eigenvalue weighted by Crippen LogP contribution is 2.45. The topological polar surface area (TPSA) is 88.1 Å². The molecule has 0 aliphatic carbocycles. The first kappa shape index (κ1) is 36.9. The number of fused-ring (bicyclic) bond motifs is 4. The number of aryl methyl sites for hydroxylation is 1. The summed E-state index contributed by atoms with van der Waals surface area (Å²) in [5.41, 5.74) is 11.8. The lowest BCUT2D eigenvalue weighted by Gasteiger charge is -2.20. The number of rotatable bonds is 3. The van der Waals surface area contributed by atoms with Gasteiger partial charge in [0, 0.05) is 29.4 Å². The number of ether oxygens (including phenoxy) is 1. The zero-order valence-electron chi connectivity index (χ0n) is 28.5. The number of pyridine rings is 2. The Bertz CT molecular complexity index is 1560. The number of benzene rings is 1. The number of halogens is 1. The first-order valence-electron chi connectivity index (χ1n) is 16.4. The van der Waals surface area contributed by atoms with Gasteiger partial charge in [0.1, 0.15) is 16.9 Å². The predicted octanol–water partition coefficient (Wildman–Crippen LogP) is 10.6. The molecule has 6 rings (SSSR count). The normalized spacial score (nSPS) is 14.7. The van der Waals surface area contributed by atoms with E-state index in [0.29, 0.717) is 39.9 Å². The van der Waals surface area contributed by atoms with Gasteiger partial charge in [-0.15, -0.1) is 11.3 Å². The number of aromatic nitrogens is 2. The smallest absolute Gasteiger partial charge is 0.159 e. The largest absolute Gasteiger partial charge is 0.389 e. The molecule has 2 aliphatic heterocycles. The van der Waals surface area contributed by atoms with E-state index in [1.807, 2.05) is 34.6 Å². The lowest BCUT2D eigenvalue weighted by atomic mass is 9.90. The molecule has 0 bridgehead atoms. The van der Waals surface area contributed by atoms with E-state index >= 15 is 0 Å². The highest BCUT2D eigenvalue weighted by atomic mass is 32.1. The van der Waals surface area contributed by atoms with E-state index in [1.54, 1.807) is 0 Å². The summed E-state index contributed by atoms with van der Waals surface area (Å²) in [4.78, 5) is 11.9. The van der Waals surface area contributed by atoms with Crippen molar-refractivity contribution in [3.8, 4) is 17.3 Å². The molecule has 240 valence electrons. The summed E-state index contributed by atoms with van der Waals surface area (Å²) in [6.45, 7) is 23.8. The van der Waals surface area contributed by atoms with Gasteiger partial charge in [-0.1, -0.05) is 81.6 Å². The highest BCUT2D eigenvalue weighted by Gasteiger charge is 2.28. The molecule has 0 spiro atoms. The van der Waals surface area contributed by atoms with Crippen LogP contribution in [0.15, 0.2) is 18.3 Å². The monoisotopic (exact) mass is 621 g/mol. The SMILES string of the molecule is CC.CC.CCC.CCCC.Cc1c(-c2ncc(F)c3sc(N)c(C#N)c23)c2c(c3ccc(N4CCC(C)C4)nc13)COC2. The number of nitrogens with zero attached hydrogens (tertiary/aromatic N) is 4. The van der Waals surface area contributed by atoms with Crippen LogP contribution in [0, 0.1) is 30.0 Å². The van der Waals surface area contributed by atoms with Gasteiger partial charge in [-0.2, -0.15) is 5.26 Å². The first-order chi connectivity index (χ1) is 21.3. The molecular formula is C36H52FN5OS. The quantitative estimate of drug-likeness (QED) is 0.245. The second-order valence-electron chi connectivity index (χ2n) is 10.7. The Morgan fingerprint density at radius 1 is 1.09 bits per heavy atom. The molecular weight excluding hydrogens is 569 g/mol. The number of nitrogens with two attached hydrogens (primary N) is 1. The van der Waals surface area contributed by atoms with Crippen molar-refractivity contribution in [3.05, 3.63) is 46.4 Å². The lowest BCUT2D eigenvalue weighted by molar-refractivity contribution is 0.135. The summed E-state index contributed by atoms with van der Waals surface area (Å²) in [7, 11) is 0. The molecule has 8 heteroatoms. The molecule has 6 nitrogen and oxygen atoms in total. The van der Waals surface area contributed by atoms with Crippen molar-refractivity contribution in [2.24, 2.45) is 5.92 Å². The molecule has 1 unspecified atom stereocenters. The van der Waals surface area contributed by atoms with E-state index in [9.17, 15) is 9.65 Å². The van der Waals surface area contributed by atoms with Crippen LogP contribution < -0.4 is 10.6 Å².